The lowest BCUT2D eigenvalue weighted by molar-refractivity contribution is -0.0553. The second-order valence-electron chi connectivity index (χ2n) is 5.80. The molecule has 2 N–H and O–H groups in total. The van der Waals surface area contributed by atoms with E-state index in [1.807, 2.05) is 19.1 Å². The van der Waals surface area contributed by atoms with Crippen LogP contribution >= 0.6 is 0 Å². The topological polar surface area (TPSA) is 58.6 Å². The van der Waals surface area contributed by atoms with Gasteiger partial charge in [0, 0.05) is 18.3 Å². The molecule has 4 heteroatoms. The van der Waals surface area contributed by atoms with Crippen molar-refractivity contribution in [2.75, 3.05) is 11.9 Å². The Hall–Kier alpha value is -1.55. The summed E-state index contributed by atoms with van der Waals surface area (Å²) in [4.78, 5) is 11.2. The minimum absolute atomic E-state index is 0.150. The molecular weight excluding hydrogens is 242 g/mol. The van der Waals surface area contributed by atoms with Crippen molar-refractivity contribution in [3.05, 3.63) is 29.3 Å². The second kappa shape index (κ2) is 5.21. The zero-order valence-corrected chi connectivity index (χ0v) is 11.7. The number of nitrogens with one attached hydrogen (secondary N) is 1. The minimum Gasteiger partial charge on any atom is -0.478 e. The Morgan fingerprint density at radius 1 is 1.47 bits per heavy atom. The number of hydrogen-bond donors (Lipinski definition) is 2. The van der Waals surface area contributed by atoms with Gasteiger partial charge in [-0.3, -0.25) is 0 Å². The van der Waals surface area contributed by atoms with Crippen molar-refractivity contribution in [3.63, 3.8) is 0 Å². The smallest absolute Gasteiger partial charge is 0.337 e. The molecule has 0 saturated carbocycles. The molecule has 1 aliphatic heterocycles. The Balaban J connectivity index is 2.18. The van der Waals surface area contributed by atoms with Gasteiger partial charge in [0.15, 0.2) is 0 Å². The minimum atomic E-state index is -0.895. The summed E-state index contributed by atoms with van der Waals surface area (Å²) in [7, 11) is 0. The van der Waals surface area contributed by atoms with E-state index >= 15 is 0 Å². The predicted molar refractivity (Wildman–Crippen MR) is 74.8 cm³/mol. The maximum Gasteiger partial charge on any atom is 0.337 e. The number of rotatable bonds is 3. The Morgan fingerprint density at radius 2 is 2.21 bits per heavy atom. The fourth-order valence-electron chi connectivity index (χ4n) is 2.54. The molecule has 4 nitrogen and oxygen atoms in total. The maximum atomic E-state index is 11.2. The molecule has 1 aliphatic rings. The van der Waals surface area contributed by atoms with E-state index < -0.39 is 5.97 Å². The van der Waals surface area contributed by atoms with Crippen LogP contribution in [-0.4, -0.2) is 29.3 Å². The summed E-state index contributed by atoms with van der Waals surface area (Å²) in [5.41, 5.74) is 1.94. The zero-order chi connectivity index (χ0) is 14.0. The molecule has 0 aromatic heterocycles. The molecule has 1 saturated heterocycles. The van der Waals surface area contributed by atoms with Crippen LogP contribution in [0.4, 0.5) is 5.69 Å². The second-order valence-corrected chi connectivity index (χ2v) is 5.80. The van der Waals surface area contributed by atoms with Crippen molar-refractivity contribution in [1.82, 2.24) is 0 Å². The van der Waals surface area contributed by atoms with Gasteiger partial charge in [-0.1, -0.05) is 6.07 Å². The highest BCUT2D eigenvalue weighted by Gasteiger charge is 2.29. The predicted octanol–water partition coefficient (Wildman–Crippen LogP) is 3.06. The zero-order valence-electron chi connectivity index (χ0n) is 11.7. The van der Waals surface area contributed by atoms with Gasteiger partial charge in [-0.25, -0.2) is 4.79 Å². The molecule has 1 aromatic rings. The van der Waals surface area contributed by atoms with Crippen molar-refractivity contribution in [2.24, 2.45) is 0 Å². The summed E-state index contributed by atoms with van der Waals surface area (Å²) < 4.78 is 5.68. The van der Waals surface area contributed by atoms with Crippen LogP contribution in [0.15, 0.2) is 18.2 Å². The van der Waals surface area contributed by atoms with Gasteiger partial charge in [0.05, 0.1) is 11.2 Å². The average molecular weight is 263 g/mol. The molecule has 0 aliphatic carbocycles. The third kappa shape index (κ3) is 3.47. The first-order chi connectivity index (χ1) is 8.87. The van der Waals surface area contributed by atoms with Crippen molar-refractivity contribution >= 4 is 11.7 Å². The van der Waals surface area contributed by atoms with Crippen molar-refractivity contribution in [3.8, 4) is 0 Å². The fourth-order valence-corrected chi connectivity index (χ4v) is 2.54. The first-order valence-corrected chi connectivity index (χ1v) is 6.62. The third-order valence-corrected chi connectivity index (χ3v) is 3.46. The molecule has 104 valence electrons. The molecule has 0 bridgehead atoms. The summed E-state index contributed by atoms with van der Waals surface area (Å²) in [6, 6.07) is 5.63. The van der Waals surface area contributed by atoms with Crippen LogP contribution in [-0.2, 0) is 4.74 Å². The lowest BCUT2D eigenvalue weighted by Crippen LogP contribution is -2.40. The molecule has 1 heterocycles. The van der Waals surface area contributed by atoms with Crippen molar-refractivity contribution < 1.29 is 14.6 Å². The number of carbonyl (C=O) groups is 1. The van der Waals surface area contributed by atoms with E-state index in [0.29, 0.717) is 17.9 Å². The van der Waals surface area contributed by atoms with Crippen LogP contribution in [0, 0.1) is 6.92 Å². The van der Waals surface area contributed by atoms with E-state index in [0.717, 1.165) is 18.4 Å². The number of carboxylic acid groups (broad SMARTS) is 1. The van der Waals surface area contributed by atoms with Crippen LogP contribution in [0.5, 0.6) is 0 Å². The lowest BCUT2D eigenvalue weighted by atomic mass is 9.93. The van der Waals surface area contributed by atoms with E-state index in [4.69, 9.17) is 4.74 Å². The van der Waals surface area contributed by atoms with Crippen molar-refractivity contribution in [2.45, 2.75) is 45.3 Å². The standard InChI is InChI=1S/C15H21NO3/c1-10-4-5-12(14(17)18)13(8-10)16-11-6-7-19-15(2,3)9-11/h4-5,8,11,16H,6-7,9H2,1-3H3,(H,17,18). The van der Waals surface area contributed by atoms with Crippen molar-refractivity contribution in [1.29, 1.82) is 0 Å². The highest BCUT2D eigenvalue weighted by molar-refractivity contribution is 5.94. The summed E-state index contributed by atoms with van der Waals surface area (Å²) in [5, 5.41) is 12.6. The Morgan fingerprint density at radius 3 is 2.84 bits per heavy atom. The molecule has 2 rings (SSSR count). The summed E-state index contributed by atoms with van der Waals surface area (Å²) >= 11 is 0. The van der Waals surface area contributed by atoms with Gasteiger partial charge < -0.3 is 15.2 Å². The van der Waals surface area contributed by atoms with Gasteiger partial charge in [-0.2, -0.15) is 0 Å². The SMILES string of the molecule is Cc1ccc(C(=O)O)c(NC2CCOC(C)(C)C2)c1. The van der Waals surface area contributed by atoms with Gasteiger partial charge in [0.2, 0.25) is 0 Å². The van der Waals surface area contributed by atoms with Crippen LogP contribution in [0.1, 0.15) is 42.6 Å². The largest absolute Gasteiger partial charge is 0.478 e. The number of benzene rings is 1. The van der Waals surface area contributed by atoms with Crippen LogP contribution < -0.4 is 5.32 Å². The number of ether oxygens (including phenoxy) is 1. The maximum absolute atomic E-state index is 11.2. The molecular formula is C15H21NO3. The van der Waals surface area contributed by atoms with E-state index in [9.17, 15) is 9.90 Å². The number of carboxylic acids is 1. The molecule has 19 heavy (non-hydrogen) atoms. The first kappa shape index (κ1) is 13.9. The van der Waals surface area contributed by atoms with Crippen LogP contribution in [0.2, 0.25) is 0 Å². The normalized spacial score (nSPS) is 21.9. The van der Waals surface area contributed by atoms with E-state index in [-0.39, 0.29) is 11.6 Å². The number of hydrogen-bond acceptors (Lipinski definition) is 3. The molecule has 1 unspecified atom stereocenters. The Bertz CT molecular complexity index is 482. The Kier molecular flexibility index (Phi) is 3.80. The molecule has 0 spiro atoms. The summed E-state index contributed by atoms with van der Waals surface area (Å²) in [6.45, 7) is 6.80. The quantitative estimate of drug-likeness (QED) is 0.880. The third-order valence-electron chi connectivity index (χ3n) is 3.46. The van der Waals surface area contributed by atoms with Gasteiger partial charge >= 0.3 is 5.97 Å². The van der Waals surface area contributed by atoms with Crippen LogP contribution in [0.25, 0.3) is 0 Å². The van der Waals surface area contributed by atoms with Gasteiger partial charge in [0.25, 0.3) is 0 Å². The van der Waals surface area contributed by atoms with Gasteiger partial charge in [0.1, 0.15) is 0 Å². The van der Waals surface area contributed by atoms with E-state index in [1.165, 1.54) is 0 Å². The summed E-state index contributed by atoms with van der Waals surface area (Å²) in [5.74, 6) is -0.895. The van der Waals surface area contributed by atoms with Crippen LogP contribution in [0.3, 0.4) is 0 Å². The molecule has 1 aromatic carbocycles. The molecule has 1 fully saturated rings. The highest BCUT2D eigenvalue weighted by atomic mass is 16.5. The van der Waals surface area contributed by atoms with Gasteiger partial charge in [-0.15, -0.1) is 0 Å². The molecule has 0 radical (unpaired) electrons. The van der Waals surface area contributed by atoms with Gasteiger partial charge in [-0.05, 0) is 51.3 Å². The number of aryl methyl sites for hydroxylation is 1. The number of anilines is 1. The van der Waals surface area contributed by atoms with E-state index in [2.05, 4.69) is 19.2 Å². The Labute approximate surface area is 113 Å². The molecule has 0 amide bonds. The summed E-state index contributed by atoms with van der Waals surface area (Å²) in [6.07, 6.45) is 1.77. The highest BCUT2D eigenvalue weighted by Crippen LogP contribution is 2.28. The lowest BCUT2D eigenvalue weighted by Gasteiger charge is -2.36. The first-order valence-electron chi connectivity index (χ1n) is 6.62. The van der Waals surface area contributed by atoms with E-state index in [1.54, 1.807) is 6.07 Å². The number of aromatic carboxylic acids is 1. The molecule has 1 atom stereocenters. The fraction of sp³-hybridized carbons (Fsp3) is 0.533. The monoisotopic (exact) mass is 263 g/mol. The average Bonchev–Trinajstić information content (AvgIpc) is 2.27.